The predicted octanol–water partition coefficient (Wildman–Crippen LogP) is 4.70. The summed E-state index contributed by atoms with van der Waals surface area (Å²) < 4.78 is 0. The molecule has 0 spiro atoms. The van der Waals surface area contributed by atoms with Crippen LogP contribution >= 0.6 is 23.1 Å². The van der Waals surface area contributed by atoms with E-state index in [4.69, 9.17) is 0 Å². The molecule has 0 unspecified atom stereocenters. The molecule has 2 N–H and O–H groups in total. The number of carbonyl (C=O) groups excluding carboxylic acids is 2. The molecule has 1 atom stereocenters. The monoisotopic (exact) mass is 468 g/mol. The first kappa shape index (κ1) is 24.2. The van der Waals surface area contributed by atoms with E-state index in [1.54, 1.807) is 49.9 Å². The van der Waals surface area contributed by atoms with Crippen molar-refractivity contribution in [1.29, 1.82) is 0 Å². The summed E-state index contributed by atoms with van der Waals surface area (Å²) >= 11 is 3.09. The number of Topliss-reactive ketones (excluding diaryl/α,β-unsaturated/α-hetero) is 1. The number of rotatable bonds is 10. The van der Waals surface area contributed by atoms with Gasteiger partial charge in [0.25, 0.3) is 5.91 Å². The Morgan fingerprint density at radius 2 is 1.91 bits per heavy atom. The van der Waals surface area contributed by atoms with Crippen LogP contribution in [0.1, 0.15) is 41.2 Å². The van der Waals surface area contributed by atoms with Gasteiger partial charge < -0.3 is 10.4 Å². The molecule has 0 saturated carbocycles. The molecule has 0 aliphatic heterocycles. The highest BCUT2D eigenvalue weighted by Gasteiger charge is 2.24. The molecule has 0 fully saturated rings. The first-order valence-corrected chi connectivity index (χ1v) is 12.7. The van der Waals surface area contributed by atoms with Gasteiger partial charge in [0.05, 0.1) is 23.8 Å². The van der Waals surface area contributed by atoms with E-state index in [0.29, 0.717) is 17.5 Å². The van der Waals surface area contributed by atoms with Gasteiger partial charge in [-0.3, -0.25) is 9.59 Å². The van der Waals surface area contributed by atoms with Crippen molar-refractivity contribution in [3.8, 4) is 11.3 Å². The minimum atomic E-state index is -1.05. The lowest BCUT2D eigenvalue weighted by atomic mass is 9.96. The molecule has 0 aliphatic carbocycles. The zero-order valence-corrected chi connectivity index (χ0v) is 20.1. The van der Waals surface area contributed by atoms with E-state index >= 15 is 0 Å². The van der Waals surface area contributed by atoms with Crippen molar-refractivity contribution < 1.29 is 14.7 Å². The second kappa shape index (κ2) is 10.9. The number of nitrogens with zero attached hydrogens (tertiary/aromatic N) is 1. The molecule has 5 nitrogen and oxygen atoms in total. The van der Waals surface area contributed by atoms with Gasteiger partial charge in [-0.15, -0.1) is 11.3 Å². The Morgan fingerprint density at radius 1 is 1.16 bits per heavy atom. The Labute approximate surface area is 197 Å². The van der Waals surface area contributed by atoms with Crippen LogP contribution in [0.3, 0.4) is 0 Å². The molecule has 1 heterocycles. The minimum Gasteiger partial charge on any atom is -0.386 e. The van der Waals surface area contributed by atoms with E-state index in [9.17, 15) is 14.7 Å². The number of amides is 1. The van der Waals surface area contributed by atoms with E-state index < -0.39 is 11.6 Å². The summed E-state index contributed by atoms with van der Waals surface area (Å²) in [5.74, 6) is 0.382. The number of nitrogens with one attached hydrogen (secondary N) is 1. The van der Waals surface area contributed by atoms with Crippen LogP contribution < -0.4 is 5.32 Å². The zero-order valence-electron chi connectivity index (χ0n) is 18.5. The third-order valence-corrected chi connectivity index (χ3v) is 6.58. The van der Waals surface area contributed by atoms with Crippen LogP contribution in [-0.2, 0) is 16.8 Å². The number of carbonyl (C=O) groups is 2. The van der Waals surface area contributed by atoms with Crippen LogP contribution in [0.5, 0.6) is 0 Å². The molecular weight excluding hydrogens is 440 g/mol. The normalized spacial score (nSPS) is 12.4. The number of thioether (sulfide) groups is 1. The predicted molar refractivity (Wildman–Crippen MR) is 132 cm³/mol. The number of thiazole rings is 1. The lowest BCUT2D eigenvalue weighted by Gasteiger charge is -2.20. The van der Waals surface area contributed by atoms with Crippen molar-refractivity contribution in [2.24, 2.45) is 0 Å². The van der Waals surface area contributed by atoms with Crippen LogP contribution in [0.25, 0.3) is 11.3 Å². The number of hydrogen-bond acceptors (Lipinski definition) is 6. The molecule has 1 amide bonds. The van der Waals surface area contributed by atoms with Crippen molar-refractivity contribution >= 4 is 34.8 Å². The largest absolute Gasteiger partial charge is 0.386 e. The Balaban J connectivity index is 1.71. The third kappa shape index (κ3) is 6.51. The molecule has 7 heteroatoms. The van der Waals surface area contributed by atoms with E-state index in [1.807, 2.05) is 42.0 Å². The highest BCUT2D eigenvalue weighted by molar-refractivity contribution is 7.98. The van der Waals surface area contributed by atoms with Crippen LogP contribution in [0, 0.1) is 0 Å². The summed E-state index contributed by atoms with van der Waals surface area (Å²) in [5, 5.41) is 15.8. The molecule has 2 aromatic carbocycles. The minimum absolute atomic E-state index is 0.0556. The average Bonchev–Trinajstić information content (AvgIpc) is 3.25. The van der Waals surface area contributed by atoms with E-state index in [2.05, 4.69) is 10.3 Å². The third-order valence-electron chi connectivity index (χ3n) is 5.08. The fourth-order valence-corrected chi connectivity index (χ4v) is 4.52. The Hall–Kier alpha value is -2.48. The van der Waals surface area contributed by atoms with E-state index in [0.717, 1.165) is 22.0 Å². The molecule has 0 bridgehead atoms. The SMILES string of the molecule is CSCC[C@H](NC(=O)c1cccc(C(C)(C)O)c1)C(=O)Cc1nc(-c2ccccc2)cs1. The number of hydrogen-bond donors (Lipinski definition) is 2. The summed E-state index contributed by atoms with van der Waals surface area (Å²) in [6, 6.07) is 16.1. The number of aliphatic hydroxyl groups is 1. The topological polar surface area (TPSA) is 79.3 Å². The lowest BCUT2D eigenvalue weighted by molar-refractivity contribution is -0.120. The van der Waals surface area contributed by atoms with Gasteiger partial charge in [0.1, 0.15) is 5.01 Å². The van der Waals surface area contributed by atoms with Crippen molar-refractivity contribution in [3.63, 3.8) is 0 Å². The van der Waals surface area contributed by atoms with Crippen molar-refractivity contribution in [2.45, 2.75) is 38.3 Å². The van der Waals surface area contributed by atoms with Gasteiger partial charge in [0, 0.05) is 16.5 Å². The fourth-order valence-electron chi connectivity index (χ4n) is 3.24. The molecule has 32 heavy (non-hydrogen) atoms. The van der Waals surface area contributed by atoms with Crippen LogP contribution in [0.2, 0.25) is 0 Å². The molecule has 168 valence electrons. The zero-order chi connectivity index (χ0) is 23.1. The van der Waals surface area contributed by atoms with E-state index in [-0.39, 0.29) is 18.1 Å². The van der Waals surface area contributed by atoms with Gasteiger partial charge in [-0.1, -0.05) is 42.5 Å². The maximum absolute atomic E-state index is 13.1. The van der Waals surface area contributed by atoms with Gasteiger partial charge in [0.2, 0.25) is 0 Å². The van der Waals surface area contributed by atoms with Crippen molar-refractivity contribution in [3.05, 3.63) is 76.1 Å². The second-order valence-corrected chi connectivity index (χ2v) is 10.0. The molecule has 3 rings (SSSR count). The summed E-state index contributed by atoms with van der Waals surface area (Å²) in [6.45, 7) is 3.35. The molecule has 0 radical (unpaired) electrons. The maximum atomic E-state index is 13.1. The summed E-state index contributed by atoms with van der Waals surface area (Å²) in [6.07, 6.45) is 2.71. The van der Waals surface area contributed by atoms with Crippen molar-refractivity contribution in [2.75, 3.05) is 12.0 Å². The Kier molecular flexibility index (Phi) is 8.23. The maximum Gasteiger partial charge on any atom is 0.251 e. The number of ketones is 1. The molecule has 0 saturated heterocycles. The summed E-state index contributed by atoms with van der Waals surface area (Å²) in [7, 11) is 0. The van der Waals surface area contributed by atoms with Gasteiger partial charge in [0.15, 0.2) is 5.78 Å². The highest BCUT2D eigenvalue weighted by atomic mass is 32.2. The summed E-state index contributed by atoms with van der Waals surface area (Å²) in [4.78, 5) is 30.5. The Bertz CT molecular complexity index is 1060. The van der Waals surface area contributed by atoms with Crippen LogP contribution in [0.4, 0.5) is 0 Å². The van der Waals surface area contributed by atoms with Gasteiger partial charge in [-0.05, 0) is 50.0 Å². The first-order chi connectivity index (χ1) is 15.3. The average molecular weight is 469 g/mol. The molecule has 1 aromatic heterocycles. The quantitative estimate of drug-likeness (QED) is 0.451. The highest BCUT2D eigenvalue weighted by Crippen LogP contribution is 2.23. The molecule has 3 aromatic rings. The van der Waals surface area contributed by atoms with Crippen LogP contribution in [0.15, 0.2) is 60.0 Å². The van der Waals surface area contributed by atoms with Gasteiger partial charge >= 0.3 is 0 Å². The lowest BCUT2D eigenvalue weighted by Crippen LogP contribution is -2.42. The second-order valence-electron chi connectivity index (χ2n) is 8.08. The standard InChI is InChI=1S/C25H28N2O3S2/c1-25(2,30)19-11-7-10-18(14-19)24(29)27-20(12-13-31-3)22(28)15-23-26-21(16-32-23)17-8-5-4-6-9-17/h4-11,14,16,20,30H,12-13,15H2,1-3H3,(H,27,29)/t20-/m0/s1. The van der Waals surface area contributed by atoms with Crippen molar-refractivity contribution in [1.82, 2.24) is 10.3 Å². The van der Waals surface area contributed by atoms with Crippen LogP contribution in [-0.4, -0.2) is 39.8 Å². The molecule has 0 aliphatic rings. The Morgan fingerprint density at radius 3 is 2.59 bits per heavy atom. The first-order valence-electron chi connectivity index (χ1n) is 10.4. The smallest absolute Gasteiger partial charge is 0.251 e. The molecular formula is C25H28N2O3S2. The fraction of sp³-hybridized carbons (Fsp3) is 0.320. The number of aromatic nitrogens is 1. The summed E-state index contributed by atoms with van der Waals surface area (Å²) in [5.41, 5.74) is 1.89. The van der Waals surface area contributed by atoms with Gasteiger partial charge in [-0.2, -0.15) is 11.8 Å². The number of benzene rings is 2. The van der Waals surface area contributed by atoms with E-state index in [1.165, 1.54) is 11.3 Å². The van der Waals surface area contributed by atoms with Gasteiger partial charge in [-0.25, -0.2) is 4.98 Å².